The molecule has 0 saturated heterocycles. The van der Waals surface area contributed by atoms with Crippen LogP contribution in [0, 0.1) is 0 Å². The number of carbonyl (C=O) groups excluding carboxylic acids is 1. The summed E-state index contributed by atoms with van der Waals surface area (Å²) in [6, 6.07) is 6.98. The molecule has 0 aliphatic rings. The van der Waals surface area contributed by atoms with E-state index in [2.05, 4.69) is 10.1 Å². The summed E-state index contributed by atoms with van der Waals surface area (Å²) in [7, 11) is 1.46. The molecule has 0 aliphatic heterocycles. The number of hydrogen-bond acceptors (Lipinski definition) is 5. The molecule has 0 bridgehead atoms. The number of amides is 1. The van der Waals surface area contributed by atoms with Gasteiger partial charge >= 0.3 is 5.97 Å². The summed E-state index contributed by atoms with van der Waals surface area (Å²) in [5.41, 5.74) is -0.523. The predicted octanol–water partition coefficient (Wildman–Crippen LogP) is 2.64. The van der Waals surface area contributed by atoms with Crippen LogP contribution < -0.4 is 0 Å². The number of aliphatic carboxylic acids is 1. The highest BCUT2D eigenvalue weighted by Gasteiger charge is 2.34. The normalized spacial score (nSPS) is 11.3. The summed E-state index contributed by atoms with van der Waals surface area (Å²) < 4.78 is 5.13. The molecule has 0 fully saturated rings. The highest BCUT2D eigenvalue weighted by atomic mass is 35.5. The molecule has 0 atom stereocenters. The highest BCUT2D eigenvalue weighted by molar-refractivity contribution is 6.30. The van der Waals surface area contributed by atoms with Crippen molar-refractivity contribution in [3.8, 4) is 11.4 Å². The Labute approximate surface area is 144 Å². The second-order valence-corrected chi connectivity index (χ2v) is 6.27. The standard InChI is InChI=1S/C16H18ClN3O4/c1-16(2,15(22)23)20(3)13(21)9-8-12-18-14(19-24-12)10-4-6-11(17)7-5-10/h4-7H,8-9H2,1-3H3,(H,22,23). The van der Waals surface area contributed by atoms with Gasteiger partial charge in [0.2, 0.25) is 17.6 Å². The van der Waals surface area contributed by atoms with Crippen molar-refractivity contribution in [2.24, 2.45) is 0 Å². The lowest BCUT2D eigenvalue weighted by atomic mass is 10.0. The van der Waals surface area contributed by atoms with Crippen molar-refractivity contribution >= 4 is 23.5 Å². The summed E-state index contributed by atoms with van der Waals surface area (Å²) in [5.74, 6) is -0.655. The van der Waals surface area contributed by atoms with E-state index in [-0.39, 0.29) is 18.7 Å². The fourth-order valence-electron chi connectivity index (χ4n) is 1.91. The van der Waals surface area contributed by atoms with E-state index in [0.717, 1.165) is 5.56 Å². The van der Waals surface area contributed by atoms with Crippen LogP contribution in [0.25, 0.3) is 11.4 Å². The van der Waals surface area contributed by atoms with Gasteiger partial charge in [0.25, 0.3) is 0 Å². The van der Waals surface area contributed by atoms with E-state index in [4.69, 9.17) is 21.2 Å². The molecule has 8 heteroatoms. The van der Waals surface area contributed by atoms with Crippen LogP contribution in [0.4, 0.5) is 0 Å². The molecule has 24 heavy (non-hydrogen) atoms. The second-order valence-electron chi connectivity index (χ2n) is 5.84. The molecule has 1 N–H and O–H groups in total. The Morgan fingerprint density at radius 2 is 1.92 bits per heavy atom. The zero-order valence-electron chi connectivity index (χ0n) is 13.6. The molecule has 2 aromatic rings. The van der Waals surface area contributed by atoms with Gasteiger partial charge in [-0.05, 0) is 38.1 Å². The molecular weight excluding hydrogens is 334 g/mol. The van der Waals surface area contributed by atoms with Gasteiger partial charge in [-0.3, -0.25) is 4.79 Å². The average Bonchev–Trinajstić information content (AvgIpc) is 3.01. The summed E-state index contributed by atoms with van der Waals surface area (Å²) >= 11 is 5.83. The first-order valence-electron chi connectivity index (χ1n) is 7.30. The number of benzene rings is 1. The number of aryl methyl sites for hydroxylation is 1. The fourth-order valence-corrected chi connectivity index (χ4v) is 2.04. The number of nitrogens with zero attached hydrogens (tertiary/aromatic N) is 3. The van der Waals surface area contributed by atoms with Crippen molar-refractivity contribution in [3.05, 3.63) is 35.2 Å². The van der Waals surface area contributed by atoms with E-state index < -0.39 is 11.5 Å². The third-order valence-electron chi connectivity index (χ3n) is 3.86. The van der Waals surface area contributed by atoms with Crippen molar-refractivity contribution in [2.75, 3.05) is 7.05 Å². The smallest absolute Gasteiger partial charge is 0.329 e. The van der Waals surface area contributed by atoms with Crippen LogP contribution in [0.5, 0.6) is 0 Å². The first kappa shape index (κ1) is 17.9. The number of carbonyl (C=O) groups is 2. The summed E-state index contributed by atoms with van der Waals surface area (Å²) in [6.07, 6.45) is 0.314. The van der Waals surface area contributed by atoms with Gasteiger partial charge in [-0.1, -0.05) is 16.8 Å². The molecule has 2 rings (SSSR count). The molecule has 1 amide bonds. The topological polar surface area (TPSA) is 96.5 Å². The number of rotatable bonds is 6. The van der Waals surface area contributed by atoms with Crippen molar-refractivity contribution in [1.29, 1.82) is 0 Å². The molecule has 7 nitrogen and oxygen atoms in total. The Morgan fingerprint density at radius 3 is 2.50 bits per heavy atom. The SMILES string of the molecule is CN(C(=O)CCc1nc(-c2ccc(Cl)cc2)no1)C(C)(C)C(=O)O. The van der Waals surface area contributed by atoms with Crippen LogP contribution in [-0.2, 0) is 16.0 Å². The first-order chi connectivity index (χ1) is 11.2. The van der Waals surface area contributed by atoms with E-state index in [9.17, 15) is 9.59 Å². The summed E-state index contributed by atoms with van der Waals surface area (Å²) in [5, 5.41) is 13.6. The van der Waals surface area contributed by atoms with Crippen molar-refractivity contribution in [2.45, 2.75) is 32.2 Å². The maximum absolute atomic E-state index is 12.1. The van der Waals surface area contributed by atoms with Crippen molar-refractivity contribution in [3.63, 3.8) is 0 Å². The van der Waals surface area contributed by atoms with E-state index in [1.165, 1.54) is 25.8 Å². The van der Waals surface area contributed by atoms with Crippen LogP contribution in [0.15, 0.2) is 28.8 Å². The number of halogens is 1. The van der Waals surface area contributed by atoms with Crippen LogP contribution in [0.1, 0.15) is 26.2 Å². The molecular formula is C16H18ClN3O4. The third kappa shape index (κ3) is 3.91. The zero-order valence-corrected chi connectivity index (χ0v) is 14.4. The van der Waals surface area contributed by atoms with Crippen molar-refractivity contribution in [1.82, 2.24) is 15.0 Å². The Morgan fingerprint density at radius 1 is 1.29 bits per heavy atom. The molecule has 1 aromatic heterocycles. The van der Waals surface area contributed by atoms with Gasteiger partial charge in [0.1, 0.15) is 5.54 Å². The molecule has 0 unspecified atom stereocenters. The summed E-state index contributed by atoms with van der Waals surface area (Å²) in [4.78, 5) is 28.8. The van der Waals surface area contributed by atoms with Gasteiger partial charge in [-0.25, -0.2) is 4.79 Å². The first-order valence-corrected chi connectivity index (χ1v) is 7.68. The molecule has 0 saturated carbocycles. The highest BCUT2D eigenvalue weighted by Crippen LogP contribution is 2.19. The van der Waals surface area contributed by atoms with Gasteiger partial charge in [0.05, 0.1) is 0 Å². The quantitative estimate of drug-likeness (QED) is 0.859. The van der Waals surface area contributed by atoms with Gasteiger partial charge in [0.15, 0.2) is 0 Å². The Balaban J connectivity index is 1.99. The minimum atomic E-state index is -1.28. The maximum Gasteiger partial charge on any atom is 0.329 e. The minimum absolute atomic E-state index is 0.0788. The van der Waals surface area contributed by atoms with Crippen molar-refractivity contribution < 1.29 is 19.2 Å². The summed E-state index contributed by atoms with van der Waals surface area (Å²) in [6.45, 7) is 2.94. The number of carboxylic acids is 1. The zero-order chi connectivity index (χ0) is 17.9. The third-order valence-corrected chi connectivity index (χ3v) is 4.11. The number of aromatic nitrogens is 2. The van der Waals surface area contributed by atoms with Crippen LogP contribution in [-0.4, -0.2) is 44.6 Å². The van der Waals surface area contributed by atoms with Crippen LogP contribution in [0.2, 0.25) is 5.02 Å². The lowest BCUT2D eigenvalue weighted by Crippen LogP contribution is -2.50. The minimum Gasteiger partial charge on any atom is -0.480 e. The maximum atomic E-state index is 12.1. The average molecular weight is 352 g/mol. The van der Waals surface area contributed by atoms with E-state index in [1.54, 1.807) is 24.3 Å². The molecule has 128 valence electrons. The number of carboxylic acid groups (broad SMARTS) is 1. The molecule has 1 heterocycles. The van der Waals surface area contributed by atoms with E-state index in [0.29, 0.717) is 16.7 Å². The predicted molar refractivity (Wildman–Crippen MR) is 87.5 cm³/mol. The van der Waals surface area contributed by atoms with Crippen LogP contribution in [0.3, 0.4) is 0 Å². The Kier molecular flexibility index (Phi) is 5.23. The number of likely N-dealkylation sites (N-methyl/N-ethyl adjacent to an activating group) is 1. The Bertz CT molecular complexity index is 740. The number of hydrogen-bond donors (Lipinski definition) is 1. The van der Waals surface area contributed by atoms with E-state index >= 15 is 0 Å². The van der Waals surface area contributed by atoms with E-state index in [1.807, 2.05) is 0 Å². The monoisotopic (exact) mass is 351 g/mol. The Hall–Kier alpha value is -2.41. The second kappa shape index (κ2) is 7.00. The molecule has 1 aromatic carbocycles. The molecule has 0 spiro atoms. The van der Waals surface area contributed by atoms with Gasteiger partial charge in [-0.15, -0.1) is 0 Å². The van der Waals surface area contributed by atoms with Gasteiger partial charge in [0, 0.05) is 30.5 Å². The van der Waals surface area contributed by atoms with Gasteiger partial charge in [-0.2, -0.15) is 4.98 Å². The lowest BCUT2D eigenvalue weighted by molar-refractivity contribution is -0.155. The largest absolute Gasteiger partial charge is 0.480 e. The molecule has 0 aliphatic carbocycles. The fraction of sp³-hybridized carbons (Fsp3) is 0.375. The van der Waals surface area contributed by atoms with Gasteiger partial charge < -0.3 is 14.5 Å². The molecule has 0 radical (unpaired) electrons. The van der Waals surface area contributed by atoms with Crippen LogP contribution >= 0.6 is 11.6 Å². The lowest BCUT2D eigenvalue weighted by Gasteiger charge is -2.31.